The number of halogens is 3. The van der Waals surface area contributed by atoms with Crippen LogP contribution in [0.25, 0.3) is 0 Å². The molecule has 1 rings (SSSR count). The number of hydrogen-bond acceptors (Lipinski definition) is 3. The van der Waals surface area contributed by atoms with Crippen LogP contribution in [0.15, 0.2) is 24.3 Å². The van der Waals surface area contributed by atoms with Crippen LogP contribution in [0.5, 0.6) is 0 Å². The van der Waals surface area contributed by atoms with Gasteiger partial charge in [0.1, 0.15) is 6.61 Å². The summed E-state index contributed by atoms with van der Waals surface area (Å²) in [4.78, 5) is 12.0. The average molecular weight is 361 g/mol. The zero-order valence-corrected chi connectivity index (χ0v) is 15.1. The maximum atomic E-state index is 13.2. The minimum absolute atomic E-state index is 0.0863. The summed E-state index contributed by atoms with van der Waals surface area (Å²) in [5.74, 6) is -0.361. The summed E-state index contributed by atoms with van der Waals surface area (Å²) in [5.41, 5.74) is -0.925. The highest BCUT2D eigenvalue weighted by Crippen LogP contribution is 2.33. The summed E-state index contributed by atoms with van der Waals surface area (Å²) >= 11 is 0. The number of benzene rings is 1. The number of carbonyl (C=O) groups excluding carboxylic acids is 1. The molecule has 0 aliphatic heterocycles. The molecule has 0 aliphatic rings. The Balaban J connectivity index is 2.84. The van der Waals surface area contributed by atoms with Crippen molar-refractivity contribution in [3.63, 3.8) is 0 Å². The van der Waals surface area contributed by atoms with Gasteiger partial charge >= 0.3 is 6.18 Å². The predicted molar refractivity (Wildman–Crippen MR) is 89.2 cm³/mol. The lowest BCUT2D eigenvalue weighted by atomic mass is 9.82. The van der Waals surface area contributed by atoms with E-state index in [2.05, 4.69) is 5.32 Å². The molecule has 1 amide bonds. The molecule has 0 radical (unpaired) electrons. The molecule has 0 heterocycles. The van der Waals surface area contributed by atoms with Gasteiger partial charge in [0.2, 0.25) is 5.91 Å². The van der Waals surface area contributed by atoms with Gasteiger partial charge in [-0.1, -0.05) is 39.0 Å². The van der Waals surface area contributed by atoms with E-state index < -0.39 is 23.2 Å². The number of ether oxygens (including phenoxy) is 2. The van der Waals surface area contributed by atoms with Crippen LogP contribution in [0.2, 0.25) is 0 Å². The first-order chi connectivity index (χ1) is 11.6. The molecular formula is C18H26F3NO3. The fourth-order valence-corrected chi connectivity index (χ4v) is 2.31. The number of hydrogen-bond donors (Lipinski definition) is 1. The number of amides is 1. The lowest BCUT2D eigenvalue weighted by molar-refractivity contribution is -0.138. The Labute approximate surface area is 146 Å². The van der Waals surface area contributed by atoms with Crippen LogP contribution in [-0.4, -0.2) is 38.9 Å². The summed E-state index contributed by atoms with van der Waals surface area (Å²) in [7, 11) is 1.52. The third-order valence-electron chi connectivity index (χ3n) is 3.79. The molecule has 0 saturated carbocycles. The van der Waals surface area contributed by atoms with Crippen LogP contribution >= 0.6 is 0 Å². The molecular weight excluding hydrogens is 335 g/mol. The Hall–Kier alpha value is -1.60. The van der Waals surface area contributed by atoms with E-state index in [9.17, 15) is 18.0 Å². The number of carbonyl (C=O) groups is 1. The molecule has 1 N–H and O–H groups in total. The van der Waals surface area contributed by atoms with Gasteiger partial charge in [-0.05, 0) is 23.5 Å². The molecule has 0 spiro atoms. The highest BCUT2D eigenvalue weighted by molar-refractivity contribution is 5.77. The van der Waals surface area contributed by atoms with E-state index in [1.54, 1.807) is 6.07 Å². The maximum Gasteiger partial charge on any atom is 0.416 e. The van der Waals surface area contributed by atoms with Gasteiger partial charge in [0.15, 0.2) is 0 Å². The normalized spacial score (nSPS) is 13.6. The first-order valence-electron chi connectivity index (χ1n) is 8.07. The van der Waals surface area contributed by atoms with Crippen LogP contribution in [0.3, 0.4) is 0 Å². The summed E-state index contributed by atoms with van der Waals surface area (Å²) in [6, 6.07) is 4.98. The second kappa shape index (κ2) is 9.20. The number of methoxy groups -OCH3 is 1. The zero-order chi connectivity index (χ0) is 19.1. The SMILES string of the molecule is COCCOCC(=O)N[C@H](Cc1ccccc1C(F)(F)F)C(C)(C)C. The van der Waals surface area contributed by atoms with Crippen LogP contribution in [0.4, 0.5) is 13.2 Å². The fourth-order valence-electron chi connectivity index (χ4n) is 2.31. The number of rotatable bonds is 8. The van der Waals surface area contributed by atoms with Gasteiger partial charge in [-0.25, -0.2) is 0 Å². The monoisotopic (exact) mass is 361 g/mol. The van der Waals surface area contributed by atoms with E-state index in [-0.39, 0.29) is 31.1 Å². The molecule has 1 atom stereocenters. The van der Waals surface area contributed by atoms with E-state index in [1.165, 1.54) is 19.2 Å². The van der Waals surface area contributed by atoms with Crippen molar-refractivity contribution < 1.29 is 27.4 Å². The molecule has 142 valence electrons. The molecule has 1 aromatic carbocycles. The topological polar surface area (TPSA) is 47.6 Å². The Morgan fingerprint density at radius 1 is 1.16 bits per heavy atom. The van der Waals surface area contributed by atoms with Gasteiger partial charge in [0, 0.05) is 13.2 Å². The first-order valence-corrected chi connectivity index (χ1v) is 8.07. The van der Waals surface area contributed by atoms with Crippen molar-refractivity contribution in [1.82, 2.24) is 5.32 Å². The molecule has 0 aromatic heterocycles. The van der Waals surface area contributed by atoms with E-state index in [1.807, 2.05) is 20.8 Å². The molecule has 0 aliphatic carbocycles. The van der Waals surface area contributed by atoms with Gasteiger partial charge in [0.25, 0.3) is 0 Å². The van der Waals surface area contributed by atoms with Crippen molar-refractivity contribution in [2.45, 2.75) is 39.4 Å². The van der Waals surface area contributed by atoms with E-state index in [0.717, 1.165) is 6.07 Å². The highest BCUT2D eigenvalue weighted by atomic mass is 19.4. The summed E-state index contributed by atoms with van der Waals surface area (Å²) in [5, 5.41) is 2.79. The lowest BCUT2D eigenvalue weighted by Crippen LogP contribution is -2.46. The van der Waals surface area contributed by atoms with Gasteiger partial charge in [0.05, 0.1) is 18.8 Å². The van der Waals surface area contributed by atoms with Crippen molar-refractivity contribution >= 4 is 5.91 Å². The Kier molecular flexibility index (Phi) is 7.89. The third-order valence-corrected chi connectivity index (χ3v) is 3.79. The van der Waals surface area contributed by atoms with Crippen LogP contribution < -0.4 is 5.32 Å². The van der Waals surface area contributed by atoms with Crippen molar-refractivity contribution in [3.8, 4) is 0 Å². The summed E-state index contributed by atoms with van der Waals surface area (Å²) in [6.45, 7) is 6.12. The van der Waals surface area contributed by atoms with Gasteiger partial charge in [-0.3, -0.25) is 4.79 Å². The minimum atomic E-state index is -4.42. The number of nitrogens with one attached hydrogen (secondary N) is 1. The van der Waals surface area contributed by atoms with Crippen molar-refractivity contribution in [1.29, 1.82) is 0 Å². The van der Waals surface area contributed by atoms with Crippen molar-refractivity contribution in [2.75, 3.05) is 26.9 Å². The molecule has 0 fully saturated rings. The van der Waals surface area contributed by atoms with E-state index in [0.29, 0.717) is 6.61 Å². The van der Waals surface area contributed by atoms with Crippen LogP contribution in [-0.2, 0) is 26.9 Å². The molecule has 0 bridgehead atoms. The van der Waals surface area contributed by atoms with Gasteiger partial charge < -0.3 is 14.8 Å². The Bertz CT molecular complexity index is 553. The van der Waals surface area contributed by atoms with E-state index >= 15 is 0 Å². The van der Waals surface area contributed by atoms with E-state index in [4.69, 9.17) is 9.47 Å². The molecule has 25 heavy (non-hydrogen) atoms. The highest BCUT2D eigenvalue weighted by Gasteiger charge is 2.35. The first kappa shape index (κ1) is 21.4. The molecule has 0 unspecified atom stereocenters. The Morgan fingerprint density at radius 3 is 2.36 bits per heavy atom. The maximum absolute atomic E-state index is 13.2. The second-order valence-corrected chi connectivity index (χ2v) is 6.89. The zero-order valence-electron chi connectivity index (χ0n) is 15.1. The van der Waals surface area contributed by atoms with Crippen LogP contribution in [0, 0.1) is 5.41 Å². The predicted octanol–water partition coefficient (Wildman–Crippen LogP) is 3.44. The molecule has 7 heteroatoms. The minimum Gasteiger partial charge on any atom is -0.382 e. The summed E-state index contributed by atoms with van der Waals surface area (Å²) < 4.78 is 49.5. The lowest BCUT2D eigenvalue weighted by Gasteiger charge is -2.32. The second-order valence-electron chi connectivity index (χ2n) is 6.89. The number of alkyl halides is 3. The molecule has 4 nitrogen and oxygen atoms in total. The molecule has 1 aromatic rings. The average Bonchev–Trinajstić information content (AvgIpc) is 2.49. The fraction of sp³-hybridized carbons (Fsp3) is 0.611. The quantitative estimate of drug-likeness (QED) is 0.722. The molecule has 0 saturated heterocycles. The van der Waals surface area contributed by atoms with Crippen LogP contribution in [0.1, 0.15) is 31.9 Å². The van der Waals surface area contributed by atoms with Crippen molar-refractivity contribution in [2.24, 2.45) is 5.41 Å². The smallest absolute Gasteiger partial charge is 0.382 e. The standard InChI is InChI=1S/C18H26F3NO3/c1-17(2,3)15(22-16(23)12-25-10-9-24-4)11-13-7-5-6-8-14(13)18(19,20)21/h5-8,15H,9-12H2,1-4H3,(H,22,23)/t15-/m1/s1. The van der Waals surface area contributed by atoms with Gasteiger partial charge in [-0.15, -0.1) is 0 Å². The summed E-state index contributed by atoms with van der Waals surface area (Å²) in [6.07, 6.45) is -4.34. The van der Waals surface area contributed by atoms with Gasteiger partial charge in [-0.2, -0.15) is 13.2 Å². The van der Waals surface area contributed by atoms with Crippen molar-refractivity contribution in [3.05, 3.63) is 35.4 Å². The largest absolute Gasteiger partial charge is 0.416 e. The Morgan fingerprint density at radius 2 is 1.80 bits per heavy atom. The third kappa shape index (κ3) is 7.44.